The van der Waals surface area contributed by atoms with Crippen LogP contribution in [0.4, 0.5) is 0 Å². The molecule has 4 heteroatoms. The van der Waals surface area contributed by atoms with E-state index in [0.29, 0.717) is 17.5 Å². The van der Waals surface area contributed by atoms with Crippen molar-refractivity contribution in [2.75, 3.05) is 0 Å². The quantitative estimate of drug-likeness (QED) is 0.224. The second-order valence-corrected chi connectivity index (χ2v) is 10.0. The molecule has 7 aromatic rings. The smallest absolute Gasteiger partial charge is 0.164 e. The minimum atomic E-state index is 0.648. The summed E-state index contributed by atoms with van der Waals surface area (Å²) in [7, 11) is 0. The number of nitrogens with zero attached hydrogens (tertiary/aromatic N) is 4. The summed E-state index contributed by atoms with van der Waals surface area (Å²) in [6, 6.07) is 45.7. The van der Waals surface area contributed by atoms with Crippen LogP contribution in [0.2, 0.25) is 0 Å². The van der Waals surface area contributed by atoms with Crippen molar-refractivity contribution >= 4 is 10.8 Å². The molecular formula is C37H26N4. The van der Waals surface area contributed by atoms with Crippen LogP contribution in [-0.2, 0) is 0 Å². The minimum absolute atomic E-state index is 0.648. The first-order chi connectivity index (χ1) is 20.2. The molecule has 194 valence electrons. The van der Waals surface area contributed by atoms with Gasteiger partial charge in [0.2, 0.25) is 0 Å². The maximum absolute atomic E-state index is 4.89. The molecule has 2 heterocycles. The Morgan fingerprint density at radius 1 is 0.415 bits per heavy atom. The molecule has 0 radical (unpaired) electrons. The van der Waals surface area contributed by atoms with Crippen LogP contribution in [0.1, 0.15) is 5.69 Å². The third-order valence-electron chi connectivity index (χ3n) is 7.25. The molecule has 0 N–H and O–H groups in total. The largest absolute Gasteiger partial charge is 0.261 e. The number of aryl methyl sites for hydroxylation is 1. The highest BCUT2D eigenvalue weighted by atomic mass is 15.0. The predicted octanol–water partition coefficient (Wildman–Crippen LogP) is 9.06. The molecule has 0 unspecified atom stereocenters. The Morgan fingerprint density at radius 3 is 1.61 bits per heavy atom. The lowest BCUT2D eigenvalue weighted by molar-refractivity contribution is 1.07. The first-order valence-corrected chi connectivity index (χ1v) is 13.6. The van der Waals surface area contributed by atoms with Gasteiger partial charge < -0.3 is 0 Å². The van der Waals surface area contributed by atoms with Crippen LogP contribution in [0.3, 0.4) is 0 Å². The first-order valence-electron chi connectivity index (χ1n) is 13.6. The SMILES string of the molecule is Cc1cc2cccc(-c3ccc(-c4cccc(-c5nc(-c6ccccc6)nc(-c6ccccc6)n5)c4)cc3)c2cn1. The Kier molecular flexibility index (Phi) is 6.34. The molecule has 0 saturated heterocycles. The summed E-state index contributed by atoms with van der Waals surface area (Å²) in [4.78, 5) is 19.1. The average Bonchev–Trinajstić information content (AvgIpc) is 3.05. The number of hydrogen-bond acceptors (Lipinski definition) is 4. The average molecular weight is 527 g/mol. The van der Waals surface area contributed by atoms with Crippen molar-refractivity contribution < 1.29 is 0 Å². The summed E-state index contributed by atoms with van der Waals surface area (Å²) < 4.78 is 0. The van der Waals surface area contributed by atoms with Gasteiger partial charge in [-0.25, -0.2) is 15.0 Å². The van der Waals surface area contributed by atoms with Gasteiger partial charge in [-0.3, -0.25) is 4.98 Å². The van der Waals surface area contributed by atoms with E-state index < -0.39 is 0 Å². The monoisotopic (exact) mass is 526 g/mol. The van der Waals surface area contributed by atoms with E-state index >= 15 is 0 Å². The van der Waals surface area contributed by atoms with Crippen LogP contribution in [0.25, 0.3) is 67.2 Å². The van der Waals surface area contributed by atoms with E-state index in [1.807, 2.05) is 73.8 Å². The third kappa shape index (κ3) is 4.99. The number of rotatable bonds is 5. The molecular weight excluding hydrogens is 500 g/mol. The molecule has 0 spiro atoms. The van der Waals surface area contributed by atoms with Crippen molar-refractivity contribution in [2.45, 2.75) is 6.92 Å². The van der Waals surface area contributed by atoms with Gasteiger partial charge in [0.05, 0.1) is 0 Å². The van der Waals surface area contributed by atoms with Gasteiger partial charge in [-0.1, -0.05) is 121 Å². The van der Waals surface area contributed by atoms with Gasteiger partial charge in [-0.15, -0.1) is 0 Å². The van der Waals surface area contributed by atoms with Gasteiger partial charge in [0.1, 0.15) is 0 Å². The van der Waals surface area contributed by atoms with Crippen LogP contribution in [-0.4, -0.2) is 19.9 Å². The summed E-state index contributed by atoms with van der Waals surface area (Å²) in [5, 5.41) is 2.36. The predicted molar refractivity (Wildman–Crippen MR) is 167 cm³/mol. The van der Waals surface area contributed by atoms with E-state index in [2.05, 4.69) is 77.8 Å². The maximum Gasteiger partial charge on any atom is 0.164 e. The molecule has 0 fully saturated rings. The lowest BCUT2D eigenvalue weighted by Crippen LogP contribution is -2.00. The van der Waals surface area contributed by atoms with Gasteiger partial charge in [-0.2, -0.15) is 0 Å². The van der Waals surface area contributed by atoms with Crippen LogP contribution in [0.5, 0.6) is 0 Å². The van der Waals surface area contributed by atoms with Gasteiger partial charge in [0, 0.05) is 34.0 Å². The number of benzene rings is 5. The Hall–Kier alpha value is -5.48. The van der Waals surface area contributed by atoms with E-state index in [4.69, 9.17) is 15.0 Å². The molecule has 0 aliphatic rings. The molecule has 41 heavy (non-hydrogen) atoms. The molecule has 7 rings (SSSR count). The van der Waals surface area contributed by atoms with Crippen molar-refractivity contribution in [3.05, 3.63) is 145 Å². The summed E-state index contributed by atoms with van der Waals surface area (Å²) >= 11 is 0. The first kappa shape index (κ1) is 24.6. The molecule has 0 bridgehead atoms. The highest BCUT2D eigenvalue weighted by molar-refractivity contribution is 5.96. The van der Waals surface area contributed by atoms with Crippen LogP contribution in [0, 0.1) is 6.92 Å². The zero-order valence-electron chi connectivity index (χ0n) is 22.6. The van der Waals surface area contributed by atoms with Crippen molar-refractivity contribution in [3.8, 4) is 56.4 Å². The zero-order valence-corrected chi connectivity index (χ0v) is 22.6. The van der Waals surface area contributed by atoms with Crippen molar-refractivity contribution in [1.29, 1.82) is 0 Å². The van der Waals surface area contributed by atoms with Crippen molar-refractivity contribution in [2.24, 2.45) is 0 Å². The van der Waals surface area contributed by atoms with E-state index in [0.717, 1.165) is 38.9 Å². The fraction of sp³-hybridized carbons (Fsp3) is 0.0270. The summed E-state index contributed by atoms with van der Waals surface area (Å²) in [5.41, 5.74) is 8.46. The fourth-order valence-electron chi connectivity index (χ4n) is 5.15. The highest BCUT2D eigenvalue weighted by Gasteiger charge is 2.13. The number of fused-ring (bicyclic) bond motifs is 1. The Labute approximate surface area is 239 Å². The second kappa shape index (κ2) is 10.6. The molecule has 0 aliphatic carbocycles. The number of hydrogen-bond donors (Lipinski definition) is 0. The highest BCUT2D eigenvalue weighted by Crippen LogP contribution is 2.32. The van der Waals surface area contributed by atoms with Gasteiger partial charge in [0.15, 0.2) is 17.5 Å². The van der Waals surface area contributed by atoms with E-state index in [-0.39, 0.29) is 0 Å². The summed E-state index contributed by atoms with van der Waals surface area (Å²) in [6.45, 7) is 2.02. The van der Waals surface area contributed by atoms with Crippen LogP contribution < -0.4 is 0 Å². The minimum Gasteiger partial charge on any atom is -0.261 e. The molecule has 2 aromatic heterocycles. The lowest BCUT2D eigenvalue weighted by atomic mass is 9.96. The molecule has 4 nitrogen and oxygen atoms in total. The number of aromatic nitrogens is 4. The van der Waals surface area contributed by atoms with Crippen LogP contribution in [0.15, 0.2) is 140 Å². The summed E-state index contributed by atoms with van der Waals surface area (Å²) in [6.07, 6.45) is 1.97. The maximum atomic E-state index is 4.89. The van der Waals surface area contributed by atoms with Crippen LogP contribution >= 0.6 is 0 Å². The molecule has 0 amide bonds. The Morgan fingerprint density at radius 2 is 0.951 bits per heavy atom. The summed E-state index contributed by atoms with van der Waals surface area (Å²) in [5.74, 6) is 1.96. The van der Waals surface area contributed by atoms with Gasteiger partial charge in [-0.05, 0) is 46.7 Å². The van der Waals surface area contributed by atoms with Gasteiger partial charge in [0.25, 0.3) is 0 Å². The molecule has 0 aliphatic heterocycles. The van der Waals surface area contributed by atoms with E-state index in [1.54, 1.807) is 0 Å². The second-order valence-electron chi connectivity index (χ2n) is 10.0. The molecule has 0 atom stereocenters. The zero-order chi connectivity index (χ0) is 27.6. The lowest BCUT2D eigenvalue weighted by Gasteiger charge is -2.11. The van der Waals surface area contributed by atoms with E-state index in [9.17, 15) is 0 Å². The van der Waals surface area contributed by atoms with Gasteiger partial charge >= 0.3 is 0 Å². The fourth-order valence-corrected chi connectivity index (χ4v) is 5.15. The molecule has 5 aromatic carbocycles. The Bertz CT molecular complexity index is 1930. The Balaban J connectivity index is 1.27. The van der Waals surface area contributed by atoms with Crippen molar-refractivity contribution in [3.63, 3.8) is 0 Å². The topological polar surface area (TPSA) is 51.6 Å². The number of pyridine rings is 1. The van der Waals surface area contributed by atoms with Crippen molar-refractivity contribution in [1.82, 2.24) is 19.9 Å². The molecule has 0 saturated carbocycles. The normalized spacial score (nSPS) is 11.0. The standard InChI is InChI=1S/C37H26N4/c1-25-22-31-15-9-17-33(34(31)24-38-25)27-20-18-26(19-21-27)30-14-8-16-32(23-30)37-40-35(28-10-4-2-5-11-28)39-36(41-37)29-12-6-3-7-13-29/h2-24H,1H3. The third-order valence-corrected chi connectivity index (χ3v) is 7.25. The van der Waals surface area contributed by atoms with E-state index in [1.165, 1.54) is 16.5 Å².